The molecule has 0 rings (SSSR count). The molecule has 1 unspecified atom stereocenters. The zero-order chi connectivity index (χ0) is 12.4. The molecule has 0 heterocycles. The van der Waals surface area contributed by atoms with Gasteiger partial charge in [0.25, 0.3) is 0 Å². The second-order valence-corrected chi connectivity index (χ2v) is 7.18. The van der Waals surface area contributed by atoms with Gasteiger partial charge in [-0.05, 0) is 19.3 Å². The molecule has 98 valence electrons. The molecular formula is C11H26O3SSi. The van der Waals surface area contributed by atoms with Gasteiger partial charge in [-0.2, -0.15) is 0 Å². The summed E-state index contributed by atoms with van der Waals surface area (Å²) in [5.41, 5.74) is -0.0830. The minimum Gasteiger partial charge on any atom is -0.373 e. The van der Waals surface area contributed by atoms with E-state index in [1.165, 1.54) is 0 Å². The first kappa shape index (κ1) is 16.4. The molecule has 0 aliphatic carbocycles. The second kappa shape index (κ2) is 9.47. The van der Waals surface area contributed by atoms with E-state index in [4.69, 9.17) is 13.3 Å². The van der Waals surface area contributed by atoms with Crippen molar-refractivity contribution in [2.45, 2.75) is 58.4 Å². The topological polar surface area (TPSA) is 27.7 Å². The Morgan fingerprint density at radius 1 is 1.00 bits per heavy atom. The molecule has 5 heteroatoms. The van der Waals surface area contributed by atoms with Crippen molar-refractivity contribution < 1.29 is 13.3 Å². The third-order valence-electron chi connectivity index (χ3n) is 2.15. The van der Waals surface area contributed by atoms with Crippen LogP contribution in [0.5, 0.6) is 0 Å². The molecule has 0 aliphatic heterocycles. The summed E-state index contributed by atoms with van der Waals surface area (Å²) < 4.78 is 17.6. The number of hydrogen-bond acceptors (Lipinski definition) is 4. The van der Waals surface area contributed by atoms with E-state index in [0.717, 1.165) is 25.3 Å². The van der Waals surface area contributed by atoms with Crippen LogP contribution in [0.4, 0.5) is 0 Å². The Bertz CT molecular complexity index is 161. The lowest BCUT2D eigenvalue weighted by Gasteiger charge is -2.30. The zero-order valence-corrected chi connectivity index (χ0v) is 12.9. The Morgan fingerprint density at radius 3 is 1.81 bits per heavy atom. The Kier molecular flexibility index (Phi) is 9.74. The lowest BCUT2D eigenvalue weighted by Crippen LogP contribution is -2.47. The standard InChI is InChI=1S/C11H26O3SSi/c1-5-9-12-16(8-4,13-10-6-2)14-11(15)7-3/h11,15H,5-10H2,1-4H3. The summed E-state index contributed by atoms with van der Waals surface area (Å²) in [4.78, 5) is 0. The normalized spacial score (nSPS) is 14.1. The van der Waals surface area contributed by atoms with Crippen LogP contribution in [0, 0.1) is 0 Å². The van der Waals surface area contributed by atoms with Gasteiger partial charge in [-0.3, -0.25) is 0 Å². The monoisotopic (exact) mass is 266 g/mol. The molecule has 0 aromatic rings. The fourth-order valence-electron chi connectivity index (χ4n) is 1.20. The molecule has 16 heavy (non-hydrogen) atoms. The molecular weight excluding hydrogens is 240 g/mol. The van der Waals surface area contributed by atoms with Crippen molar-refractivity contribution in [2.75, 3.05) is 13.2 Å². The quantitative estimate of drug-likeness (QED) is 0.373. The highest BCUT2D eigenvalue weighted by atomic mass is 32.1. The lowest BCUT2D eigenvalue weighted by atomic mass is 10.5. The highest BCUT2D eigenvalue weighted by molar-refractivity contribution is 7.80. The summed E-state index contributed by atoms with van der Waals surface area (Å²) >= 11 is 4.37. The van der Waals surface area contributed by atoms with Gasteiger partial charge in [0.2, 0.25) is 0 Å². The summed E-state index contributed by atoms with van der Waals surface area (Å²) in [6, 6.07) is 0.810. The maximum atomic E-state index is 5.90. The van der Waals surface area contributed by atoms with Crippen LogP contribution in [0.3, 0.4) is 0 Å². The third kappa shape index (κ3) is 6.25. The van der Waals surface area contributed by atoms with Crippen molar-refractivity contribution >= 4 is 21.4 Å². The fourth-order valence-corrected chi connectivity index (χ4v) is 4.09. The number of rotatable bonds is 10. The molecule has 0 bridgehead atoms. The molecule has 0 N–H and O–H groups in total. The summed E-state index contributed by atoms with van der Waals surface area (Å²) in [5.74, 6) is 0. The van der Waals surface area contributed by atoms with Crippen LogP contribution in [-0.2, 0) is 13.3 Å². The van der Waals surface area contributed by atoms with E-state index in [1.54, 1.807) is 0 Å². The maximum absolute atomic E-state index is 5.90. The van der Waals surface area contributed by atoms with E-state index in [2.05, 4.69) is 33.4 Å². The molecule has 3 nitrogen and oxygen atoms in total. The van der Waals surface area contributed by atoms with Gasteiger partial charge < -0.3 is 13.3 Å². The first-order chi connectivity index (χ1) is 7.64. The highest BCUT2D eigenvalue weighted by Gasteiger charge is 2.40. The maximum Gasteiger partial charge on any atom is 0.501 e. The van der Waals surface area contributed by atoms with Crippen LogP contribution in [0.1, 0.15) is 47.0 Å². The van der Waals surface area contributed by atoms with Gasteiger partial charge in [0.05, 0.1) is 5.44 Å². The van der Waals surface area contributed by atoms with Crippen LogP contribution >= 0.6 is 12.6 Å². The SMILES string of the molecule is CCCO[Si](CC)(OCCC)OC(S)CC. The van der Waals surface area contributed by atoms with Gasteiger partial charge in [-0.15, -0.1) is 12.6 Å². The zero-order valence-electron chi connectivity index (χ0n) is 11.0. The smallest absolute Gasteiger partial charge is 0.373 e. The molecule has 0 aliphatic rings. The van der Waals surface area contributed by atoms with E-state index >= 15 is 0 Å². The molecule has 0 fully saturated rings. The van der Waals surface area contributed by atoms with E-state index in [1.807, 2.05) is 6.92 Å². The van der Waals surface area contributed by atoms with E-state index in [0.29, 0.717) is 13.2 Å². The Labute approximate surface area is 107 Å². The van der Waals surface area contributed by atoms with Crippen molar-refractivity contribution in [3.8, 4) is 0 Å². The summed E-state index contributed by atoms with van der Waals surface area (Å²) in [6.07, 6.45) is 2.83. The van der Waals surface area contributed by atoms with Crippen molar-refractivity contribution in [2.24, 2.45) is 0 Å². The number of hydrogen-bond donors (Lipinski definition) is 1. The number of thiol groups is 1. The molecule has 0 aromatic carbocycles. The van der Waals surface area contributed by atoms with Crippen molar-refractivity contribution in [1.82, 2.24) is 0 Å². The average molecular weight is 266 g/mol. The average Bonchev–Trinajstić information content (AvgIpc) is 2.32. The Morgan fingerprint density at radius 2 is 1.50 bits per heavy atom. The minimum atomic E-state index is -2.47. The summed E-state index contributed by atoms with van der Waals surface area (Å²) in [5, 5.41) is 0. The van der Waals surface area contributed by atoms with Crippen LogP contribution in [0.25, 0.3) is 0 Å². The predicted molar refractivity (Wildman–Crippen MR) is 72.9 cm³/mol. The molecule has 0 aromatic heterocycles. The summed E-state index contributed by atoms with van der Waals surface area (Å²) in [7, 11) is -2.47. The van der Waals surface area contributed by atoms with Crippen LogP contribution in [-0.4, -0.2) is 27.5 Å². The van der Waals surface area contributed by atoms with Crippen LogP contribution in [0.2, 0.25) is 6.04 Å². The van der Waals surface area contributed by atoms with E-state index in [-0.39, 0.29) is 5.44 Å². The van der Waals surface area contributed by atoms with E-state index in [9.17, 15) is 0 Å². The highest BCUT2D eigenvalue weighted by Crippen LogP contribution is 2.21. The lowest BCUT2D eigenvalue weighted by molar-refractivity contribution is 0.0520. The Balaban J connectivity index is 4.39. The van der Waals surface area contributed by atoms with Gasteiger partial charge in [-0.1, -0.05) is 27.7 Å². The van der Waals surface area contributed by atoms with E-state index < -0.39 is 8.80 Å². The van der Waals surface area contributed by atoms with Crippen molar-refractivity contribution in [3.05, 3.63) is 0 Å². The van der Waals surface area contributed by atoms with Gasteiger partial charge in [0, 0.05) is 19.3 Å². The third-order valence-corrected chi connectivity index (χ3v) is 5.62. The van der Waals surface area contributed by atoms with Gasteiger partial charge in [0.15, 0.2) is 0 Å². The predicted octanol–water partition coefficient (Wildman–Crippen LogP) is 3.48. The molecule has 0 saturated heterocycles. The first-order valence-electron chi connectivity index (χ1n) is 6.27. The second-order valence-electron chi connectivity index (χ2n) is 3.71. The minimum absolute atomic E-state index is 0.0830. The first-order valence-corrected chi connectivity index (χ1v) is 8.72. The van der Waals surface area contributed by atoms with Crippen molar-refractivity contribution in [3.63, 3.8) is 0 Å². The molecule has 0 spiro atoms. The molecule has 0 amide bonds. The van der Waals surface area contributed by atoms with Gasteiger partial charge in [-0.25, -0.2) is 0 Å². The molecule has 1 atom stereocenters. The summed E-state index contributed by atoms with van der Waals surface area (Å²) in [6.45, 7) is 9.70. The molecule has 0 radical (unpaired) electrons. The largest absolute Gasteiger partial charge is 0.501 e. The Hall–Kier alpha value is 0.447. The van der Waals surface area contributed by atoms with Gasteiger partial charge in [0.1, 0.15) is 0 Å². The molecule has 0 saturated carbocycles. The van der Waals surface area contributed by atoms with Crippen LogP contribution in [0.15, 0.2) is 0 Å². The fraction of sp³-hybridized carbons (Fsp3) is 1.00. The van der Waals surface area contributed by atoms with Gasteiger partial charge >= 0.3 is 8.80 Å². The van der Waals surface area contributed by atoms with Crippen LogP contribution < -0.4 is 0 Å². The van der Waals surface area contributed by atoms with Crippen molar-refractivity contribution in [1.29, 1.82) is 0 Å².